The van der Waals surface area contributed by atoms with Crippen molar-refractivity contribution in [3.63, 3.8) is 0 Å². The molecule has 22 heavy (non-hydrogen) atoms. The van der Waals surface area contributed by atoms with Crippen LogP contribution in [0.25, 0.3) is 0 Å². The Hall–Kier alpha value is -1.84. The van der Waals surface area contributed by atoms with Crippen LogP contribution >= 0.6 is 11.6 Å². The molecule has 0 radical (unpaired) electrons. The van der Waals surface area contributed by atoms with Gasteiger partial charge in [0.15, 0.2) is 0 Å². The molecule has 0 saturated heterocycles. The number of carbonyl (C=O) groups is 1. The third-order valence-corrected chi connectivity index (χ3v) is 4.32. The average Bonchev–Trinajstić information content (AvgIpc) is 2.86. The van der Waals surface area contributed by atoms with E-state index in [0.29, 0.717) is 10.5 Å². The fraction of sp³-hybridized carbons (Fsp3) is 0.333. The van der Waals surface area contributed by atoms with E-state index in [9.17, 15) is 9.00 Å². The first-order valence-electron chi connectivity index (χ1n) is 6.13. The number of nitrogens with zero attached hydrogens (tertiary/aromatic N) is 4. The Labute approximate surface area is 134 Å². The Morgan fingerprint density at radius 2 is 2.23 bits per heavy atom. The van der Waals surface area contributed by atoms with Crippen LogP contribution in [0.3, 0.4) is 0 Å². The zero-order valence-electron chi connectivity index (χ0n) is 12.2. The van der Waals surface area contributed by atoms with Crippen LogP contribution in [0.1, 0.15) is 15.9 Å². The maximum Gasteiger partial charge on any atom is 0.259 e. The Bertz CT molecular complexity index is 734. The second-order valence-corrected chi connectivity index (χ2v) is 6.10. The largest absolute Gasteiger partial charge is 0.380 e. The monoisotopic (exact) mass is 343 g/mol. The number of ether oxygens (including phenoxy) is 1. The number of carbonyl (C=O) groups excluding carboxylic acids is 1. The minimum absolute atomic E-state index is 0.153. The number of halogens is 1. The molecule has 0 spiro atoms. The molecule has 1 heterocycles. The first-order valence-corrected chi connectivity index (χ1v) is 8.06. The molecule has 2 aromatic rings. The van der Waals surface area contributed by atoms with Crippen molar-refractivity contribution in [3.8, 4) is 0 Å². The highest BCUT2D eigenvalue weighted by atomic mass is 35.5. The standard InChI is InChI=1S/C12H14ClN5O3S/c1-18-12(15-16-17-18)14-11(19)7-4-5-9(22(3)20)8(6-21-2)10(7)13/h4-5H,6H2,1-3H3,(H,14,15,17,19). The van der Waals surface area contributed by atoms with Gasteiger partial charge in [-0.1, -0.05) is 16.7 Å². The number of aryl methyl sites for hydroxylation is 1. The number of hydrogen-bond acceptors (Lipinski definition) is 6. The van der Waals surface area contributed by atoms with Gasteiger partial charge in [-0.25, -0.2) is 4.68 Å². The van der Waals surface area contributed by atoms with E-state index in [0.717, 1.165) is 0 Å². The molecule has 1 aromatic heterocycles. The Balaban J connectivity index is 2.39. The van der Waals surface area contributed by atoms with Gasteiger partial charge in [0.25, 0.3) is 5.91 Å². The number of methoxy groups -OCH3 is 1. The molecular formula is C12H14ClN5O3S. The molecule has 0 bridgehead atoms. The van der Waals surface area contributed by atoms with E-state index in [2.05, 4.69) is 20.8 Å². The predicted octanol–water partition coefficient (Wildman–Crippen LogP) is 1.000. The molecule has 2 rings (SSSR count). The average molecular weight is 344 g/mol. The van der Waals surface area contributed by atoms with Gasteiger partial charge in [0, 0.05) is 30.9 Å². The van der Waals surface area contributed by atoms with Crippen LogP contribution in [0.4, 0.5) is 5.95 Å². The van der Waals surface area contributed by atoms with E-state index in [1.165, 1.54) is 24.1 Å². The van der Waals surface area contributed by atoms with Gasteiger partial charge >= 0.3 is 0 Å². The molecule has 1 amide bonds. The molecule has 1 N–H and O–H groups in total. The summed E-state index contributed by atoms with van der Waals surface area (Å²) >= 11 is 6.28. The molecule has 10 heteroatoms. The van der Waals surface area contributed by atoms with Gasteiger partial charge in [0.05, 0.1) is 28.0 Å². The van der Waals surface area contributed by atoms with E-state index < -0.39 is 16.7 Å². The van der Waals surface area contributed by atoms with Gasteiger partial charge in [0.2, 0.25) is 5.95 Å². The Morgan fingerprint density at radius 1 is 1.50 bits per heavy atom. The normalized spacial score (nSPS) is 12.2. The maximum absolute atomic E-state index is 12.3. The Morgan fingerprint density at radius 3 is 2.77 bits per heavy atom. The summed E-state index contributed by atoms with van der Waals surface area (Å²) in [5.74, 6) is -0.272. The molecule has 0 aliphatic rings. The summed E-state index contributed by atoms with van der Waals surface area (Å²) in [4.78, 5) is 12.8. The molecule has 0 aliphatic carbocycles. The van der Waals surface area contributed by atoms with Crippen LogP contribution in [0.15, 0.2) is 17.0 Å². The zero-order valence-corrected chi connectivity index (χ0v) is 13.7. The summed E-state index contributed by atoms with van der Waals surface area (Å²) < 4.78 is 18.1. The molecule has 0 fully saturated rings. The van der Waals surface area contributed by atoms with E-state index in [1.807, 2.05) is 0 Å². The van der Waals surface area contributed by atoms with Gasteiger partial charge in [-0.3, -0.25) is 14.3 Å². The third kappa shape index (κ3) is 3.32. The van der Waals surface area contributed by atoms with E-state index in [-0.39, 0.29) is 23.1 Å². The molecule has 1 atom stereocenters. The molecule has 118 valence electrons. The maximum atomic E-state index is 12.3. The summed E-state index contributed by atoms with van der Waals surface area (Å²) in [6.07, 6.45) is 1.54. The van der Waals surface area contributed by atoms with Crippen molar-refractivity contribution in [1.29, 1.82) is 0 Å². The highest BCUT2D eigenvalue weighted by molar-refractivity contribution is 7.84. The zero-order chi connectivity index (χ0) is 16.3. The molecule has 8 nitrogen and oxygen atoms in total. The number of hydrogen-bond donors (Lipinski definition) is 1. The lowest BCUT2D eigenvalue weighted by Gasteiger charge is -2.12. The number of rotatable bonds is 5. The van der Waals surface area contributed by atoms with E-state index in [1.54, 1.807) is 13.1 Å². The highest BCUT2D eigenvalue weighted by Gasteiger charge is 2.19. The van der Waals surface area contributed by atoms with Gasteiger partial charge in [-0.05, 0) is 22.6 Å². The molecule has 1 unspecified atom stereocenters. The smallest absolute Gasteiger partial charge is 0.259 e. The lowest BCUT2D eigenvalue weighted by Crippen LogP contribution is -2.17. The third-order valence-electron chi connectivity index (χ3n) is 2.89. The van der Waals surface area contributed by atoms with Crippen molar-refractivity contribution in [2.24, 2.45) is 7.05 Å². The first kappa shape index (κ1) is 16.5. The number of nitrogens with one attached hydrogen (secondary N) is 1. The fourth-order valence-electron chi connectivity index (χ4n) is 1.83. The minimum Gasteiger partial charge on any atom is -0.380 e. The summed E-state index contributed by atoms with van der Waals surface area (Å²) in [5, 5.41) is 13.5. The number of benzene rings is 1. The second kappa shape index (κ2) is 6.95. The van der Waals surface area contributed by atoms with Gasteiger partial charge < -0.3 is 4.74 Å². The molecule has 0 saturated carbocycles. The first-order chi connectivity index (χ1) is 10.5. The predicted molar refractivity (Wildman–Crippen MR) is 81.2 cm³/mol. The van der Waals surface area contributed by atoms with E-state index >= 15 is 0 Å². The molecule has 1 aromatic carbocycles. The van der Waals surface area contributed by atoms with Crippen molar-refractivity contribution in [2.75, 3.05) is 18.7 Å². The Kier molecular flexibility index (Phi) is 5.22. The number of amides is 1. The lowest BCUT2D eigenvalue weighted by molar-refractivity contribution is 0.102. The van der Waals surface area contributed by atoms with Crippen molar-refractivity contribution >= 4 is 34.3 Å². The lowest BCUT2D eigenvalue weighted by atomic mass is 10.1. The quantitative estimate of drug-likeness (QED) is 0.869. The molecular weight excluding hydrogens is 330 g/mol. The van der Waals surface area contributed by atoms with Gasteiger partial charge in [-0.15, -0.1) is 0 Å². The number of aromatic nitrogens is 4. The van der Waals surface area contributed by atoms with Gasteiger partial charge in [-0.2, -0.15) is 0 Å². The van der Waals surface area contributed by atoms with Crippen molar-refractivity contribution in [2.45, 2.75) is 11.5 Å². The fourth-order valence-corrected chi connectivity index (χ4v) is 2.96. The molecule has 0 aliphatic heterocycles. The number of tetrazole rings is 1. The van der Waals surface area contributed by atoms with Crippen molar-refractivity contribution in [1.82, 2.24) is 20.2 Å². The van der Waals surface area contributed by atoms with Crippen LogP contribution in [-0.4, -0.2) is 43.7 Å². The van der Waals surface area contributed by atoms with E-state index in [4.69, 9.17) is 16.3 Å². The van der Waals surface area contributed by atoms with Gasteiger partial charge in [0.1, 0.15) is 0 Å². The topological polar surface area (TPSA) is 99.0 Å². The highest BCUT2D eigenvalue weighted by Crippen LogP contribution is 2.28. The van der Waals surface area contributed by atoms with Crippen LogP contribution in [-0.2, 0) is 29.2 Å². The summed E-state index contributed by atoms with van der Waals surface area (Å²) in [5.41, 5.74) is 0.750. The van der Waals surface area contributed by atoms with Crippen LogP contribution in [0.5, 0.6) is 0 Å². The minimum atomic E-state index is -1.24. The summed E-state index contributed by atoms with van der Waals surface area (Å²) in [6, 6.07) is 3.11. The summed E-state index contributed by atoms with van der Waals surface area (Å²) in [6.45, 7) is 0.153. The summed E-state index contributed by atoms with van der Waals surface area (Å²) in [7, 11) is 1.85. The SMILES string of the molecule is COCc1c(S(C)=O)ccc(C(=O)Nc2nnnn2C)c1Cl. The van der Waals surface area contributed by atoms with Crippen molar-refractivity contribution in [3.05, 3.63) is 28.3 Å². The van der Waals surface area contributed by atoms with Crippen molar-refractivity contribution < 1.29 is 13.7 Å². The number of anilines is 1. The van der Waals surface area contributed by atoms with Crippen LogP contribution in [0.2, 0.25) is 5.02 Å². The van der Waals surface area contributed by atoms with Crippen LogP contribution < -0.4 is 5.32 Å². The van der Waals surface area contributed by atoms with Crippen LogP contribution in [0, 0.1) is 0 Å². The second-order valence-electron chi connectivity index (χ2n) is 4.37.